The van der Waals surface area contributed by atoms with Gasteiger partial charge in [-0.05, 0) is 117 Å². The average molecular weight is 719 g/mol. The van der Waals surface area contributed by atoms with Crippen LogP contribution in [0.3, 0.4) is 0 Å². The Balaban J connectivity index is 1.35. The normalized spacial score (nSPS) is 21.3. The average Bonchev–Trinajstić information content (AvgIpc) is 3.63. The van der Waals surface area contributed by atoms with Gasteiger partial charge in [0.05, 0.1) is 11.2 Å². The second kappa shape index (κ2) is 10.7. The Kier molecular flexibility index (Phi) is 6.47. The summed E-state index contributed by atoms with van der Waals surface area (Å²) in [7, 11) is 0. The summed E-state index contributed by atoms with van der Waals surface area (Å²) in [6.45, 7) is 21.5. The highest BCUT2D eigenvalue weighted by molar-refractivity contribution is 6.94. The summed E-state index contributed by atoms with van der Waals surface area (Å²) >= 11 is 0. The van der Waals surface area contributed by atoms with Gasteiger partial charge in [-0.2, -0.15) is 0 Å². The van der Waals surface area contributed by atoms with Crippen molar-refractivity contribution >= 4 is 73.2 Å². The molecule has 0 radical (unpaired) electrons. The molecular formula is C51H51BN2O. The minimum Gasteiger partial charge on any atom is -0.454 e. The summed E-state index contributed by atoms with van der Waals surface area (Å²) in [5.41, 5.74) is 18.2. The third-order valence-electron chi connectivity index (χ3n) is 14.6. The van der Waals surface area contributed by atoms with Gasteiger partial charge in [-0.15, -0.1) is 0 Å². The van der Waals surface area contributed by atoms with E-state index in [1.807, 2.05) is 0 Å². The predicted molar refractivity (Wildman–Crippen MR) is 235 cm³/mol. The summed E-state index contributed by atoms with van der Waals surface area (Å²) in [4.78, 5) is 5.56. The molecule has 6 aromatic carbocycles. The number of hydrogen-bond donors (Lipinski definition) is 0. The van der Waals surface area contributed by atoms with Crippen LogP contribution in [0.5, 0.6) is 0 Å². The van der Waals surface area contributed by atoms with Gasteiger partial charge in [-0.1, -0.05) is 128 Å². The molecule has 11 rings (SSSR count). The summed E-state index contributed by atoms with van der Waals surface area (Å²) < 4.78 is 7.16. The first kappa shape index (κ1) is 33.4. The topological polar surface area (TPSA) is 19.6 Å². The van der Waals surface area contributed by atoms with Crippen molar-refractivity contribution in [2.24, 2.45) is 0 Å². The molecule has 0 N–H and O–H groups in total. The molecule has 1 saturated carbocycles. The van der Waals surface area contributed by atoms with E-state index in [9.17, 15) is 0 Å². The van der Waals surface area contributed by atoms with Crippen molar-refractivity contribution in [2.45, 2.75) is 110 Å². The van der Waals surface area contributed by atoms with Crippen LogP contribution in [-0.2, 0) is 16.2 Å². The van der Waals surface area contributed by atoms with Crippen LogP contribution >= 0.6 is 0 Å². The number of furan rings is 1. The lowest BCUT2D eigenvalue weighted by molar-refractivity contribution is 0.195. The quantitative estimate of drug-likeness (QED) is 0.158. The third-order valence-corrected chi connectivity index (χ3v) is 14.6. The molecule has 7 aromatic rings. The molecule has 1 aliphatic carbocycles. The molecule has 1 fully saturated rings. The van der Waals surface area contributed by atoms with E-state index in [-0.39, 0.29) is 28.6 Å². The van der Waals surface area contributed by atoms with Gasteiger partial charge in [-0.3, -0.25) is 0 Å². The molecule has 2 unspecified atom stereocenters. The zero-order valence-corrected chi connectivity index (χ0v) is 33.9. The van der Waals surface area contributed by atoms with E-state index in [2.05, 4.69) is 169 Å². The minimum atomic E-state index is -0.0493. The number of fused-ring (bicyclic) bond motifs is 13. The molecule has 0 amide bonds. The standard InChI is InChI=1S/C51H51BN2O/c1-30-16-10-13-19-40(30)54-45-36(22-21-35-37-27-32(48(2,3)4)20-23-42(37)55-47(35)45)43-34-18-12-11-17-31(34)26-41-44(43)52(54)39-29-33(49(5,6)7)28-38-46(39)53(41)51(9)25-15-14-24-50(38,51)8/h10-13,16-23,26-29H,14-15,24-25H2,1-9H3. The van der Waals surface area contributed by atoms with E-state index >= 15 is 0 Å². The van der Waals surface area contributed by atoms with Crippen LogP contribution in [0.2, 0.25) is 0 Å². The largest absolute Gasteiger partial charge is 0.454 e. The van der Waals surface area contributed by atoms with Crippen molar-refractivity contribution in [1.29, 1.82) is 0 Å². The van der Waals surface area contributed by atoms with Crippen LogP contribution < -0.4 is 20.6 Å². The Morgan fingerprint density at radius 2 is 1.42 bits per heavy atom. The lowest BCUT2D eigenvalue weighted by atomic mass is 9.42. The van der Waals surface area contributed by atoms with Gasteiger partial charge in [0, 0.05) is 38.8 Å². The molecular weight excluding hydrogens is 667 g/mol. The molecule has 0 spiro atoms. The molecule has 4 aliphatic rings. The lowest BCUT2D eigenvalue weighted by Crippen LogP contribution is -2.64. The van der Waals surface area contributed by atoms with Crippen LogP contribution in [0.4, 0.5) is 22.7 Å². The fraction of sp³-hybridized carbons (Fsp3) is 0.333. The van der Waals surface area contributed by atoms with Gasteiger partial charge >= 0.3 is 6.85 Å². The monoisotopic (exact) mass is 718 g/mol. The van der Waals surface area contributed by atoms with Crippen LogP contribution in [0.1, 0.15) is 103 Å². The van der Waals surface area contributed by atoms with E-state index in [1.54, 1.807) is 5.56 Å². The highest BCUT2D eigenvalue weighted by atomic mass is 16.3. The number of para-hydroxylation sites is 1. The molecule has 55 heavy (non-hydrogen) atoms. The van der Waals surface area contributed by atoms with Gasteiger partial charge < -0.3 is 14.1 Å². The van der Waals surface area contributed by atoms with Crippen molar-refractivity contribution in [1.82, 2.24) is 0 Å². The molecule has 1 aromatic heterocycles. The Bertz CT molecular complexity index is 2810. The molecule has 4 heterocycles. The molecule has 2 atom stereocenters. The highest BCUT2D eigenvalue weighted by Crippen LogP contribution is 2.63. The van der Waals surface area contributed by atoms with Crippen LogP contribution in [0.15, 0.2) is 101 Å². The molecule has 274 valence electrons. The Labute approximate surface area is 326 Å². The lowest BCUT2D eigenvalue weighted by Gasteiger charge is -2.53. The number of anilines is 4. The molecule has 3 aliphatic heterocycles. The smallest absolute Gasteiger partial charge is 0.333 e. The van der Waals surface area contributed by atoms with Crippen molar-refractivity contribution in [3.8, 4) is 11.1 Å². The van der Waals surface area contributed by atoms with Crippen LogP contribution in [-0.4, -0.2) is 12.4 Å². The maximum absolute atomic E-state index is 7.16. The second-order valence-corrected chi connectivity index (χ2v) is 19.7. The zero-order valence-electron chi connectivity index (χ0n) is 33.9. The minimum absolute atomic E-state index is 0.0102. The molecule has 0 bridgehead atoms. The van der Waals surface area contributed by atoms with E-state index < -0.39 is 0 Å². The molecule has 4 heteroatoms. The van der Waals surface area contributed by atoms with Gasteiger partial charge in [-0.25, -0.2) is 0 Å². The first-order valence-corrected chi connectivity index (χ1v) is 20.6. The van der Waals surface area contributed by atoms with Gasteiger partial charge in [0.25, 0.3) is 0 Å². The van der Waals surface area contributed by atoms with Crippen molar-refractivity contribution in [2.75, 3.05) is 9.71 Å². The fourth-order valence-corrected chi connectivity index (χ4v) is 11.4. The number of benzene rings is 6. The number of aryl methyl sites for hydroxylation is 1. The maximum Gasteiger partial charge on any atom is 0.333 e. The zero-order chi connectivity index (χ0) is 38.0. The molecule has 3 nitrogen and oxygen atoms in total. The first-order valence-electron chi connectivity index (χ1n) is 20.6. The summed E-state index contributed by atoms with van der Waals surface area (Å²) in [5, 5.41) is 4.98. The highest BCUT2D eigenvalue weighted by Gasteiger charge is 2.62. The Morgan fingerprint density at radius 1 is 0.673 bits per heavy atom. The van der Waals surface area contributed by atoms with Crippen molar-refractivity contribution in [3.63, 3.8) is 0 Å². The Hall–Kier alpha value is -4.96. The van der Waals surface area contributed by atoms with E-state index in [0.717, 1.165) is 11.2 Å². The number of nitrogens with zero attached hydrogens (tertiary/aromatic N) is 2. The van der Waals surface area contributed by atoms with Crippen molar-refractivity contribution in [3.05, 3.63) is 119 Å². The summed E-state index contributed by atoms with van der Waals surface area (Å²) in [5.74, 6) is 0. The Morgan fingerprint density at radius 3 is 2.20 bits per heavy atom. The third kappa shape index (κ3) is 4.19. The van der Waals surface area contributed by atoms with Gasteiger partial charge in [0.2, 0.25) is 0 Å². The summed E-state index contributed by atoms with van der Waals surface area (Å²) in [6.07, 6.45) is 4.92. The van der Waals surface area contributed by atoms with Gasteiger partial charge in [0.1, 0.15) is 5.58 Å². The summed E-state index contributed by atoms with van der Waals surface area (Å²) in [6, 6.07) is 37.5. The fourth-order valence-electron chi connectivity index (χ4n) is 11.4. The van der Waals surface area contributed by atoms with Crippen molar-refractivity contribution < 1.29 is 4.42 Å². The van der Waals surface area contributed by atoms with E-state index in [0.29, 0.717) is 0 Å². The first-order chi connectivity index (χ1) is 26.2. The van der Waals surface area contributed by atoms with E-state index in [4.69, 9.17) is 4.42 Å². The molecule has 0 saturated heterocycles. The predicted octanol–water partition coefficient (Wildman–Crippen LogP) is 12.6. The number of rotatable bonds is 1. The van der Waals surface area contributed by atoms with Crippen LogP contribution in [0, 0.1) is 6.92 Å². The SMILES string of the molecule is Cc1ccccc1N1B2c3cc(C(C)(C)C)cc4c3N(c3cc5ccccc5c(c32)-c2ccc3c(oc5ccc(C(C)(C)C)cc53)c21)C1(C)CCCCC41C. The second-order valence-electron chi connectivity index (χ2n) is 19.7. The maximum atomic E-state index is 7.16. The van der Waals surface area contributed by atoms with E-state index in [1.165, 1.54) is 109 Å². The number of hydrogen-bond acceptors (Lipinski definition) is 3. The van der Waals surface area contributed by atoms with Gasteiger partial charge in [0.15, 0.2) is 5.58 Å². The van der Waals surface area contributed by atoms with Crippen LogP contribution in [0.25, 0.3) is 43.8 Å².